The maximum absolute atomic E-state index is 13.0. The molecule has 1 amide bonds. The van der Waals surface area contributed by atoms with Gasteiger partial charge in [0.2, 0.25) is 5.91 Å². The fourth-order valence-corrected chi connectivity index (χ4v) is 2.95. The van der Waals surface area contributed by atoms with Crippen LogP contribution in [0.25, 0.3) is 11.1 Å². The normalized spacial score (nSPS) is 10.8. The number of amides is 1. The fourth-order valence-electron chi connectivity index (χ4n) is 2.95. The summed E-state index contributed by atoms with van der Waals surface area (Å²) in [5, 5.41) is 3.02. The van der Waals surface area contributed by atoms with Crippen molar-refractivity contribution < 1.29 is 9.18 Å². The maximum Gasteiger partial charge on any atom is 0.225 e. The minimum atomic E-state index is -0.238. The summed E-state index contributed by atoms with van der Waals surface area (Å²) in [6.45, 7) is 1.30. The predicted octanol–water partition coefficient (Wildman–Crippen LogP) is 4.95. The summed E-state index contributed by atoms with van der Waals surface area (Å²) in [6.07, 6.45) is 0.390. The van der Waals surface area contributed by atoms with Crippen LogP contribution in [-0.2, 0) is 11.3 Å². The first-order valence-electron chi connectivity index (χ1n) is 8.99. The van der Waals surface area contributed by atoms with Crippen LogP contribution in [0.5, 0.6) is 0 Å². The zero-order valence-corrected chi connectivity index (χ0v) is 15.4. The first kappa shape index (κ1) is 18.8. The van der Waals surface area contributed by atoms with Gasteiger partial charge in [0.05, 0.1) is 0 Å². The van der Waals surface area contributed by atoms with E-state index in [2.05, 4.69) is 10.2 Å². The van der Waals surface area contributed by atoms with Gasteiger partial charge in [0, 0.05) is 30.8 Å². The first-order chi connectivity index (χ1) is 13.1. The number of benzene rings is 3. The predicted molar refractivity (Wildman–Crippen MR) is 108 cm³/mol. The van der Waals surface area contributed by atoms with E-state index in [0.29, 0.717) is 19.5 Å². The molecular weight excluding hydrogens is 339 g/mol. The number of nitrogens with one attached hydrogen (secondary N) is 1. The molecule has 0 aliphatic heterocycles. The number of para-hydroxylation sites is 1. The molecular formula is C23H23FN2O. The summed E-state index contributed by atoms with van der Waals surface area (Å²) in [7, 11) is 1.95. The monoisotopic (exact) mass is 362 g/mol. The highest BCUT2D eigenvalue weighted by Crippen LogP contribution is 2.27. The molecule has 0 radical (unpaired) electrons. The number of carbonyl (C=O) groups excluding carboxylic acids is 1. The minimum Gasteiger partial charge on any atom is -0.325 e. The molecule has 0 aromatic heterocycles. The number of carbonyl (C=O) groups is 1. The molecule has 3 aromatic carbocycles. The van der Waals surface area contributed by atoms with Gasteiger partial charge >= 0.3 is 0 Å². The van der Waals surface area contributed by atoms with E-state index in [4.69, 9.17) is 0 Å². The Morgan fingerprint density at radius 2 is 1.59 bits per heavy atom. The summed E-state index contributed by atoms with van der Waals surface area (Å²) in [6, 6.07) is 24.3. The van der Waals surface area contributed by atoms with Gasteiger partial charge < -0.3 is 10.2 Å². The molecule has 0 spiro atoms. The third-order valence-electron chi connectivity index (χ3n) is 4.37. The summed E-state index contributed by atoms with van der Waals surface area (Å²) in [5.41, 5.74) is 3.91. The van der Waals surface area contributed by atoms with Crippen LogP contribution in [0, 0.1) is 5.82 Å². The second kappa shape index (κ2) is 9.10. The third-order valence-corrected chi connectivity index (χ3v) is 4.37. The standard InChI is InChI=1S/C23H23FN2O/c1-26(17-18-11-13-20(24)14-12-18)16-15-23(27)25-22-10-6-5-9-21(22)19-7-3-2-4-8-19/h2-14H,15-17H2,1H3,(H,25,27). The van der Waals surface area contributed by atoms with Crippen LogP contribution in [-0.4, -0.2) is 24.4 Å². The highest BCUT2D eigenvalue weighted by atomic mass is 19.1. The molecule has 1 N–H and O–H groups in total. The summed E-state index contributed by atoms with van der Waals surface area (Å²) in [5.74, 6) is -0.262. The Morgan fingerprint density at radius 1 is 0.926 bits per heavy atom. The molecule has 4 heteroatoms. The van der Waals surface area contributed by atoms with Crippen molar-refractivity contribution in [1.29, 1.82) is 0 Å². The SMILES string of the molecule is CN(CCC(=O)Nc1ccccc1-c1ccccc1)Cc1ccc(F)cc1. The molecule has 3 rings (SSSR count). The average Bonchev–Trinajstić information content (AvgIpc) is 2.69. The Bertz CT molecular complexity index is 878. The molecule has 3 aromatic rings. The van der Waals surface area contributed by atoms with E-state index in [1.54, 1.807) is 12.1 Å². The molecule has 0 unspecified atom stereocenters. The third kappa shape index (κ3) is 5.50. The minimum absolute atomic E-state index is 0.0238. The van der Waals surface area contributed by atoms with Gasteiger partial charge in [-0.25, -0.2) is 4.39 Å². The molecule has 0 bridgehead atoms. The van der Waals surface area contributed by atoms with Crippen LogP contribution < -0.4 is 5.32 Å². The van der Waals surface area contributed by atoms with Crippen molar-refractivity contribution in [2.24, 2.45) is 0 Å². The van der Waals surface area contributed by atoms with Crippen LogP contribution in [0.15, 0.2) is 78.9 Å². The van der Waals surface area contributed by atoms with E-state index in [1.807, 2.05) is 61.6 Å². The molecule has 0 heterocycles. The summed E-state index contributed by atoms with van der Waals surface area (Å²) < 4.78 is 13.0. The van der Waals surface area contributed by atoms with Crippen LogP contribution in [0.1, 0.15) is 12.0 Å². The molecule has 27 heavy (non-hydrogen) atoms. The van der Waals surface area contributed by atoms with Crippen molar-refractivity contribution in [3.05, 3.63) is 90.2 Å². The van der Waals surface area contributed by atoms with Gasteiger partial charge in [-0.1, -0.05) is 60.7 Å². The Morgan fingerprint density at radius 3 is 2.33 bits per heavy atom. The van der Waals surface area contributed by atoms with Gasteiger partial charge in [-0.3, -0.25) is 4.79 Å². The molecule has 0 saturated carbocycles. The quantitative estimate of drug-likeness (QED) is 0.645. The van der Waals surface area contributed by atoms with E-state index < -0.39 is 0 Å². The molecule has 0 aliphatic rings. The van der Waals surface area contributed by atoms with Gasteiger partial charge in [0.25, 0.3) is 0 Å². The highest BCUT2D eigenvalue weighted by Gasteiger charge is 2.09. The number of hydrogen-bond acceptors (Lipinski definition) is 2. The van der Waals surface area contributed by atoms with Crippen LogP contribution in [0.2, 0.25) is 0 Å². The summed E-state index contributed by atoms with van der Waals surface area (Å²) >= 11 is 0. The Hall–Kier alpha value is -2.98. The van der Waals surface area contributed by atoms with E-state index in [9.17, 15) is 9.18 Å². The topological polar surface area (TPSA) is 32.3 Å². The van der Waals surface area contributed by atoms with Gasteiger partial charge in [-0.05, 0) is 36.4 Å². The zero-order valence-electron chi connectivity index (χ0n) is 15.4. The molecule has 0 aliphatic carbocycles. The molecule has 138 valence electrons. The van der Waals surface area contributed by atoms with Crippen LogP contribution in [0.4, 0.5) is 10.1 Å². The van der Waals surface area contributed by atoms with Crippen molar-refractivity contribution in [3.63, 3.8) is 0 Å². The van der Waals surface area contributed by atoms with Crippen molar-refractivity contribution >= 4 is 11.6 Å². The molecule has 0 atom stereocenters. The highest BCUT2D eigenvalue weighted by molar-refractivity contribution is 5.95. The van der Waals surface area contributed by atoms with Crippen molar-refractivity contribution in [2.75, 3.05) is 18.9 Å². The molecule has 0 saturated heterocycles. The number of anilines is 1. The van der Waals surface area contributed by atoms with Crippen molar-refractivity contribution in [2.45, 2.75) is 13.0 Å². The van der Waals surface area contributed by atoms with E-state index in [0.717, 1.165) is 22.4 Å². The lowest BCUT2D eigenvalue weighted by atomic mass is 10.0. The van der Waals surface area contributed by atoms with E-state index in [-0.39, 0.29) is 11.7 Å². The Kier molecular flexibility index (Phi) is 6.34. The van der Waals surface area contributed by atoms with Crippen LogP contribution in [0.3, 0.4) is 0 Å². The first-order valence-corrected chi connectivity index (χ1v) is 8.99. The zero-order chi connectivity index (χ0) is 19.1. The number of nitrogens with zero attached hydrogens (tertiary/aromatic N) is 1. The lowest BCUT2D eigenvalue weighted by Gasteiger charge is -2.17. The Balaban J connectivity index is 1.56. The number of rotatable bonds is 7. The second-order valence-electron chi connectivity index (χ2n) is 6.57. The second-order valence-corrected chi connectivity index (χ2v) is 6.57. The smallest absolute Gasteiger partial charge is 0.225 e. The largest absolute Gasteiger partial charge is 0.325 e. The summed E-state index contributed by atoms with van der Waals surface area (Å²) in [4.78, 5) is 14.5. The lowest BCUT2D eigenvalue weighted by Crippen LogP contribution is -2.24. The van der Waals surface area contributed by atoms with Gasteiger partial charge in [-0.15, -0.1) is 0 Å². The van der Waals surface area contributed by atoms with Crippen molar-refractivity contribution in [3.8, 4) is 11.1 Å². The molecule has 0 fully saturated rings. The Labute approximate surface area is 159 Å². The van der Waals surface area contributed by atoms with Crippen LogP contribution >= 0.6 is 0 Å². The van der Waals surface area contributed by atoms with E-state index in [1.165, 1.54) is 12.1 Å². The maximum atomic E-state index is 13.0. The van der Waals surface area contributed by atoms with E-state index >= 15 is 0 Å². The van der Waals surface area contributed by atoms with Crippen molar-refractivity contribution in [1.82, 2.24) is 4.90 Å². The average molecular weight is 362 g/mol. The van der Waals surface area contributed by atoms with Gasteiger partial charge in [0.15, 0.2) is 0 Å². The van der Waals surface area contributed by atoms with Gasteiger partial charge in [-0.2, -0.15) is 0 Å². The van der Waals surface area contributed by atoms with Gasteiger partial charge in [0.1, 0.15) is 5.82 Å². The fraction of sp³-hybridized carbons (Fsp3) is 0.174. The lowest BCUT2D eigenvalue weighted by molar-refractivity contribution is -0.116. The number of hydrogen-bond donors (Lipinski definition) is 1. The number of halogens is 1. The molecule has 3 nitrogen and oxygen atoms in total.